The van der Waals surface area contributed by atoms with Gasteiger partial charge in [0.25, 0.3) is 0 Å². The van der Waals surface area contributed by atoms with Gasteiger partial charge in [-0.25, -0.2) is 4.79 Å². The van der Waals surface area contributed by atoms with E-state index in [4.69, 9.17) is 10.2 Å². The number of rotatable bonds is 3. The zero-order chi connectivity index (χ0) is 9.98. The molecule has 1 unspecified atom stereocenters. The van der Waals surface area contributed by atoms with Gasteiger partial charge in [-0.2, -0.15) is 0 Å². The van der Waals surface area contributed by atoms with Gasteiger partial charge in [-0.05, 0) is 0 Å². The van der Waals surface area contributed by atoms with Crippen LogP contribution in [-0.2, 0) is 9.53 Å². The van der Waals surface area contributed by atoms with E-state index in [-0.39, 0.29) is 0 Å². The van der Waals surface area contributed by atoms with Crippen LogP contribution in [0.15, 0.2) is 25.5 Å². The highest BCUT2D eigenvalue weighted by molar-refractivity contribution is 5.81. The maximum Gasteiger partial charge on any atom is 0.332 e. The van der Waals surface area contributed by atoms with Gasteiger partial charge < -0.3 is 14.9 Å². The summed E-state index contributed by atoms with van der Waals surface area (Å²) in [4.78, 5) is 10.3. The first kappa shape index (κ1) is 13.3. The molecule has 0 spiro atoms. The van der Waals surface area contributed by atoms with Crippen LogP contribution in [0.3, 0.4) is 0 Å². The highest BCUT2D eigenvalue weighted by atomic mass is 16.6. The van der Waals surface area contributed by atoms with Crippen molar-refractivity contribution in [2.24, 2.45) is 0 Å². The second kappa shape index (κ2) is 9.71. The second-order valence-electron chi connectivity index (χ2n) is 1.69. The minimum atomic E-state index is -0.990. The first-order chi connectivity index (χ1) is 5.62. The highest BCUT2D eigenvalue weighted by Gasteiger charge is 2.02. The summed E-state index contributed by atoms with van der Waals surface area (Å²) in [6, 6.07) is 0. The fourth-order valence-electron chi connectivity index (χ4n) is 0.266. The number of aliphatic hydroxyl groups excluding tert-OH is 2. The van der Waals surface area contributed by atoms with Crippen LogP contribution in [0.5, 0.6) is 0 Å². The third kappa shape index (κ3) is 11.5. The summed E-state index contributed by atoms with van der Waals surface area (Å²) < 4.78 is 4.35. The summed E-state index contributed by atoms with van der Waals surface area (Å²) in [7, 11) is 0. The van der Waals surface area contributed by atoms with Crippen molar-refractivity contribution < 1.29 is 19.7 Å². The molecule has 0 fully saturated rings. The zero-order valence-corrected chi connectivity index (χ0v) is 7.06. The van der Waals surface area contributed by atoms with Crippen molar-refractivity contribution in [2.45, 2.75) is 19.6 Å². The van der Waals surface area contributed by atoms with E-state index in [0.717, 1.165) is 12.3 Å². The van der Waals surface area contributed by atoms with E-state index in [1.165, 1.54) is 0 Å². The van der Waals surface area contributed by atoms with Gasteiger partial charge in [0.05, 0.1) is 6.26 Å². The summed E-state index contributed by atoms with van der Waals surface area (Å²) in [6.07, 6.45) is 1.17. The van der Waals surface area contributed by atoms with Crippen LogP contribution in [0.25, 0.3) is 0 Å². The van der Waals surface area contributed by atoms with E-state index in [1.54, 1.807) is 6.92 Å². The molecule has 2 N–H and O–H groups in total. The molecule has 0 aromatic rings. The van der Waals surface area contributed by atoms with Crippen LogP contribution in [0.4, 0.5) is 0 Å². The molecule has 0 bridgehead atoms. The minimum absolute atomic E-state index is 0.402. The Labute approximate surface area is 71.8 Å². The van der Waals surface area contributed by atoms with Crippen LogP contribution in [-0.4, -0.2) is 22.5 Å². The number of hydrogen-bond acceptors (Lipinski definition) is 4. The lowest BCUT2D eigenvalue weighted by Crippen LogP contribution is -2.14. The van der Waals surface area contributed by atoms with E-state index in [0.29, 0.717) is 6.42 Å². The van der Waals surface area contributed by atoms with Crippen molar-refractivity contribution in [3.05, 3.63) is 25.5 Å². The van der Waals surface area contributed by atoms with Gasteiger partial charge in [0, 0.05) is 12.5 Å². The SMILES string of the molecule is C=CC(=O)OC(O)CC.C=CO. The molecular weight excluding hydrogens is 160 g/mol. The van der Waals surface area contributed by atoms with Gasteiger partial charge in [-0.3, -0.25) is 0 Å². The normalized spacial score (nSPS) is 10.2. The van der Waals surface area contributed by atoms with Gasteiger partial charge in [0.1, 0.15) is 0 Å². The van der Waals surface area contributed by atoms with Gasteiger partial charge >= 0.3 is 5.97 Å². The van der Waals surface area contributed by atoms with Crippen molar-refractivity contribution in [3.63, 3.8) is 0 Å². The molecule has 0 saturated heterocycles. The average Bonchev–Trinajstić information content (AvgIpc) is 2.05. The van der Waals surface area contributed by atoms with Crippen molar-refractivity contribution in [1.82, 2.24) is 0 Å². The first-order valence-corrected chi connectivity index (χ1v) is 3.38. The Bertz CT molecular complexity index is 142. The van der Waals surface area contributed by atoms with Gasteiger partial charge in [0.15, 0.2) is 0 Å². The molecule has 0 radical (unpaired) electrons. The molecule has 0 aromatic carbocycles. The number of carbonyl (C=O) groups excluding carboxylic acids is 1. The summed E-state index contributed by atoms with van der Waals surface area (Å²) in [6.45, 7) is 7.79. The fourth-order valence-corrected chi connectivity index (χ4v) is 0.266. The first-order valence-electron chi connectivity index (χ1n) is 3.38. The van der Waals surface area contributed by atoms with Gasteiger partial charge in [-0.1, -0.05) is 20.1 Å². The summed E-state index contributed by atoms with van der Waals surface area (Å²) in [5.41, 5.74) is 0. The van der Waals surface area contributed by atoms with Gasteiger partial charge in [0.2, 0.25) is 6.29 Å². The summed E-state index contributed by atoms with van der Waals surface area (Å²) >= 11 is 0. The van der Waals surface area contributed by atoms with Crippen molar-refractivity contribution >= 4 is 5.97 Å². The van der Waals surface area contributed by atoms with Crippen molar-refractivity contribution in [2.75, 3.05) is 0 Å². The highest BCUT2D eigenvalue weighted by Crippen LogP contribution is 1.92. The summed E-state index contributed by atoms with van der Waals surface area (Å²) in [5.74, 6) is -0.593. The fraction of sp³-hybridized carbons (Fsp3) is 0.375. The van der Waals surface area contributed by atoms with Gasteiger partial charge in [-0.15, -0.1) is 0 Å². The summed E-state index contributed by atoms with van der Waals surface area (Å²) in [5, 5.41) is 16.0. The van der Waals surface area contributed by atoms with E-state index in [1.807, 2.05) is 0 Å². The molecular formula is C8H14O4. The predicted molar refractivity (Wildman–Crippen MR) is 45.4 cm³/mol. The zero-order valence-electron chi connectivity index (χ0n) is 7.06. The lowest BCUT2D eigenvalue weighted by molar-refractivity contribution is -0.161. The minimum Gasteiger partial charge on any atom is -0.516 e. The van der Waals surface area contributed by atoms with E-state index in [9.17, 15) is 4.79 Å². The number of ether oxygens (including phenoxy) is 1. The molecule has 0 aromatic heterocycles. The molecule has 0 aliphatic heterocycles. The molecule has 4 heteroatoms. The Balaban J connectivity index is 0. The molecule has 12 heavy (non-hydrogen) atoms. The van der Waals surface area contributed by atoms with Crippen LogP contribution in [0.1, 0.15) is 13.3 Å². The molecule has 0 amide bonds. The lowest BCUT2D eigenvalue weighted by atomic mass is 10.5. The largest absolute Gasteiger partial charge is 0.516 e. The Hall–Kier alpha value is -1.29. The number of esters is 1. The van der Waals surface area contributed by atoms with Crippen LogP contribution in [0, 0.1) is 0 Å². The molecule has 0 aliphatic rings. The second-order valence-corrected chi connectivity index (χ2v) is 1.69. The Morgan fingerprint density at radius 3 is 2.33 bits per heavy atom. The lowest BCUT2D eigenvalue weighted by Gasteiger charge is -2.05. The number of carbonyl (C=O) groups is 1. The quantitative estimate of drug-likeness (QED) is 0.291. The van der Waals surface area contributed by atoms with E-state index >= 15 is 0 Å². The predicted octanol–water partition coefficient (Wildman–Crippen LogP) is 1.13. The number of aliphatic hydroxyl groups is 2. The van der Waals surface area contributed by atoms with E-state index in [2.05, 4.69) is 17.9 Å². The van der Waals surface area contributed by atoms with Crippen LogP contribution < -0.4 is 0 Å². The molecule has 1 atom stereocenters. The maximum absolute atomic E-state index is 10.3. The molecule has 0 heterocycles. The number of hydrogen-bond donors (Lipinski definition) is 2. The molecule has 0 saturated carbocycles. The van der Waals surface area contributed by atoms with Crippen molar-refractivity contribution in [3.8, 4) is 0 Å². The Morgan fingerprint density at radius 2 is 2.08 bits per heavy atom. The molecule has 4 nitrogen and oxygen atoms in total. The molecule has 70 valence electrons. The molecule has 0 aliphatic carbocycles. The Kier molecular flexibility index (Phi) is 10.8. The average molecular weight is 174 g/mol. The third-order valence-electron chi connectivity index (χ3n) is 0.768. The van der Waals surface area contributed by atoms with Crippen LogP contribution in [0.2, 0.25) is 0 Å². The Morgan fingerprint density at radius 1 is 1.67 bits per heavy atom. The smallest absolute Gasteiger partial charge is 0.332 e. The van der Waals surface area contributed by atoms with Crippen LogP contribution >= 0.6 is 0 Å². The monoisotopic (exact) mass is 174 g/mol. The van der Waals surface area contributed by atoms with Crippen molar-refractivity contribution in [1.29, 1.82) is 0 Å². The molecule has 0 rings (SSSR count). The standard InChI is InChI=1S/C6H10O3.C2H4O/c1-3-5(7)9-6(8)4-2;1-2-3/h3,6,8H,1,4H2,2H3;2-3H,1H2. The maximum atomic E-state index is 10.3. The topological polar surface area (TPSA) is 66.8 Å². The third-order valence-corrected chi connectivity index (χ3v) is 0.768. The van der Waals surface area contributed by atoms with E-state index < -0.39 is 12.3 Å².